The molecule has 1 fully saturated rings. The van der Waals surface area contributed by atoms with Gasteiger partial charge in [-0.2, -0.15) is 5.10 Å². The molecule has 0 N–H and O–H groups in total. The summed E-state index contributed by atoms with van der Waals surface area (Å²) < 4.78 is 2.20. The Labute approximate surface area is 119 Å². The minimum atomic E-state index is 0.699. The molecule has 1 aromatic heterocycles. The van der Waals surface area contributed by atoms with Gasteiger partial charge >= 0.3 is 0 Å². The Morgan fingerprint density at radius 2 is 2.06 bits per heavy atom. The van der Waals surface area contributed by atoms with Crippen molar-refractivity contribution in [3.05, 3.63) is 17.5 Å². The third-order valence-electron chi connectivity index (χ3n) is 4.11. The summed E-state index contributed by atoms with van der Waals surface area (Å²) in [5, 5.41) is 4.66. The fourth-order valence-electron chi connectivity index (χ4n) is 2.96. The van der Waals surface area contributed by atoms with Gasteiger partial charge in [-0.25, -0.2) is 0 Å². The summed E-state index contributed by atoms with van der Waals surface area (Å²) in [6.45, 7) is 5.37. The summed E-state index contributed by atoms with van der Waals surface area (Å²) in [7, 11) is 0. The lowest BCUT2D eigenvalue weighted by Gasteiger charge is -2.20. The van der Waals surface area contributed by atoms with E-state index in [9.17, 15) is 0 Å². The van der Waals surface area contributed by atoms with E-state index in [0.29, 0.717) is 4.83 Å². The second-order valence-corrected chi connectivity index (χ2v) is 6.59. The first kappa shape index (κ1) is 14.1. The van der Waals surface area contributed by atoms with Crippen molar-refractivity contribution in [3.8, 4) is 0 Å². The molecule has 3 heteroatoms. The van der Waals surface area contributed by atoms with Gasteiger partial charge in [0.15, 0.2) is 0 Å². The number of hydrogen-bond donors (Lipinski definition) is 0. The number of aryl methyl sites for hydroxylation is 2. The molecule has 2 rings (SSSR count). The van der Waals surface area contributed by atoms with E-state index in [2.05, 4.69) is 45.6 Å². The Morgan fingerprint density at radius 3 is 2.78 bits per heavy atom. The SMILES string of the molecule is CCc1cc(CC2CCCCCC2Br)n(CC)n1. The zero-order chi connectivity index (χ0) is 13.0. The fourth-order valence-corrected chi connectivity index (χ4v) is 3.74. The van der Waals surface area contributed by atoms with Gasteiger partial charge in [0.05, 0.1) is 5.69 Å². The molecule has 1 heterocycles. The second kappa shape index (κ2) is 6.74. The number of nitrogens with zero attached hydrogens (tertiary/aromatic N) is 2. The second-order valence-electron chi connectivity index (χ2n) is 5.41. The molecule has 2 nitrogen and oxygen atoms in total. The van der Waals surface area contributed by atoms with Gasteiger partial charge < -0.3 is 0 Å². The topological polar surface area (TPSA) is 17.8 Å². The van der Waals surface area contributed by atoms with Crippen molar-refractivity contribution in [2.45, 2.75) is 70.2 Å². The molecule has 2 atom stereocenters. The van der Waals surface area contributed by atoms with E-state index in [-0.39, 0.29) is 0 Å². The molecule has 0 radical (unpaired) electrons. The van der Waals surface area contributed by atoms with E-state index in [1.165, 1.54) is 49.9 Å². The van der Waals surface area contributed by atoms with Crippen molar-refractivity contribution in [2.24, 2.45) is 5.92 Å². The number of alkyl halides is 1. The van der Waals surface area contributed by atoms with Gasteiger partial charge in [-0.05, 0) is 44.6 Å². The minimum Gasteiger partial charge on any atom is -0.270 e. The normalized spacial score (nSPS) is 25.1. The first-order chi connectivity index (χ1) is 8.74. The molecule has 0 bridgehead atoms. The van der Waals surface area contributed by atoms with Crippen LogP contribution in [0, 0.1) is 5.92 Å². The van der Waals surface area contributed by atoms with Crippen LogP contribution in [0.2, 0.25) is 0 Å². The smallest absolute Gasteiger partial charge is 0.0624 e. The summed E-state index contributed by atoms with van der Waals surface area (Å²) in [6.07, 6.45) is 9.14. The highest BCUT2D eigenvalue weighted by Gasteiger charge is 2.23. The number of hydrogen-bond acceptors (Lipinski definition) is 1. The van der Waals surface area contributed by atoms with Crippen molar-refractivity contribution in [1.29, 1.82) is 0 Å². The van der Waals surface area contributed by atoms with Crippen molar-refractivity contribution >= 4 is 15.9 Å². The van der Waals surface area contributed by atoms with Crippen LogP contribution >= 0.6 is 15.9 Å². The molecule has 1 saturated carbocycles. The Balaban J connectivity index is 2.09. The molecule has 1 aliphatic rings. The van der Waals surface area contributed by atoms with Crippen LogP contribution in [0.25, 0.3) is 0 Å². The highest BCUT2D eigenvalue weighted by molar-refractivity contribution is 9.09. The van der Waals surface area contributed by atoms with E-state index in [0.717, 1.165) is 18.9 Å². The number of aromatic nitrogens is 2. The molecule has 18 heavy (non-hydrogen) atoms. The van der Waals surface area contributed by atoms with E-state index in [1.54, 1.807) is 0 Å². The zero-order valence-corrected chi connectivity index (χ0v) is 13.2. The molecular weight excluding hydrogens is 288 g/mol. The summed E-state index contributed by atoms with van der Waals surface area (Å²) in [5.74, 6) is 0.791. The molecule has 0 aliphatic heterocycles. The maximum atomic E-state index is 4.66. The van der Waals surface area contributed by atoms with Crippen LogP contribution < -0.4 is 0 Å². The van der Waals surface area contributed by atoms with Crippen LogP contribution in [0.4, 0.5) is 0 Å². The first-order valence-corrected chi connectivity index (χ1v) is 8.35. The monoisotopic (exact) mass is 312 g/mol. The fraction of sp³-hybridized carbons (Fsp3) is 0.800. The molecule has 0 amide bonds. The summed E-state index contributed by atoms with van der Waals surface area (Å²) in [4.78, 5) is 0.699. The molecule has 1 aromatic rings. The minimum absolute atomic E-state index is 0.699. The highest BCUT2D eigenvalue weighted by Crippen LogP contribution is 2.31. The molecule has 2 unspecified atom stereocenters. The van der Waals surface area contributed by atoms with E-state index in [1.807, 2.05) is 0 Å². The third-order valence-corrected chi connectivity index (χ3v) is 5.32. The van der Waals surface area contributed by atoms with Gasteiger partial charge in [0, 0.05) is 17.1 Å². The van der Waals surface area contributed by atoms with Crippen LogP contribution in [-0.2, 0) is 19.4 Å². The van der Waals surface area contributed by atoms with Gasteiger partial charge in [-0.1, -0.05) is 42.1 Å². The van der Waals surface area contributed by atoms with Crippen LogP contribution in [0.1, 0.15) is 57.3 Å². The van der Waals surface area contributed by atoms with Gasteiger partial charge in [0.2, 0.25) is 0 Å². The Morgan fingerprint density at radius 1 is 1.28 bits per heavy atom. The molecular formula is C15H25BrN2. The summed E-state index contributed by atoms with van der Waals surface area (Å²) >= 11 is 3.90. The quantitative estimate of drug-likeness (QED) is 0.597. The molecule has 0 aromatic carbocycles. The van der Waals surface area contributed by atoms with Crippen LogP contribution in [0.5, 0.6) is 0 Å². The van der Waals surface area contributed by atoms with Gasteiger partial charge in [-0.15, -0.1) is 0 Å². The van der Waals surface area contributed by atoms with Crippen LogP contribution in [0.15, 0.2) is 6.07 Å². The number of halogens is 1. The Bertz CT molecular complexity index is 373. The molecule has 1 aliphatic carbocycles. The molecule has 0 spiro atoms. The molecule has 102 valence electrons. The van der Waals surface area contributed by atoms with Crippen LogP contribution in [0.3, 0.4) is 0 Å². The van der Waals surface area contributed by atoms with Crippen molar-refractivity contribution in [3.63, 3.8) is 0 Å². The van der Waals surface area contributed by atoms with E-state index in [4.69, 9.17) is 0 Å². The lowest BCUT2D eigenvalue weighted by Crippen LogP contribution is -2.17. The predicted molar refractivity (Wildman–Crippen MR) is 80.3 cm³/mol. The number of rotatable bonds is 4. The maximum Gasteiger partial charge on any atom is 0.0624 e. The van der Waals surface area contributed by atoms with E-state index >= 15 is 0 Å². The Kier molecular flexibility index (Phi) is 5.28. The van der Waals surface area contributed by atoms with Crippen molar-refractivity contribution in [1.82, 2.24) is 9.78 Å². The standard InChI is InChI=1S/C15H25BrN2/c1-3-13-11-14(18(4-2)17-13)10-12-8-6-5-7-9-15(12)16/h11-12,15H,3-10H2,1-2H3. The third kappa shape index (κ3) is 3.37. The summed E-state index contributed by atoms with van der Waals surface area (Å²) in [5.41, 5.74) is 2.68. The van der Waals surface area contributed by atoms with Gasteiger partial charge in [-0.3, -0.25) is 4.68 Å². The van der Waals surface area contributed by atoms with Crippen LogP contribution in [-0.4, -0.2) is 14.6 Å². The lowest BCUT2D eigenvalue weighted by atomic mass is 9.94. The van der Waals surface area contributed by atoms with Gasteiger partial charge in [0.1, 0.15) is 0 Å². The average molecular weight is 313 g/mol. The largest absolute Gasteiger partial charge is 0.270 e. The first-order valence-electron chi connectivity index (χ1n) is 7.44. The summed E-state index contributed by atoms with van der Waals surface area (Å²) in [6, 6.07) is 2.31. The van der Waals surface area contributed by atoms with Crippen molar-refractivity contribution in [2.75, 3.05) is 0 Å². The molecule has 0 saturated heterocycles. The van der Waals surface area contributed by atoms with E-state index < -0.39 is 0 Å². The zero-order valence-electron chi connectivity index (χ0n) is 11.7. The highest BCUT2D eigenvalue weighted by atomic mass is 79.9. The average Bonchev–Trinajstić information content (AvgIpc) is 2.67. The van der Waals surface area contributed by atoms with Crippen molar-refractivity contribution < 1.29 is 0 Å². The predicted octanol–water partition coefficient (Wildman–Crippen LogP) is 4.35. The maximum absolute atomic E-state index is 4.66. The van der Waals surface area contributed by atoms with Gasteiger partial charge in [0.25, 0.3) is 0 Å². The lowest BCUT2D eigenvalue weighted by molar-refractivity contribution is 0.454. The Hall–Kier alpha value is -0.310.